The third-order valence-corrected chi connectivity index (χ3v) is 2.26. The molecule has 0 aliphatic carbocycles. The first-order valence-corrected chi connectivity index (χ1v) is 5.59. The van der Waals surface area contributed by atoms with Crippen molar-refractivity contribution in [3.63, 3.8) is 0 Å². The molecule has 6 heteroatoms. The van der Waals surface area contributed by atoms with E-state index >= 15 is 0 Å². The number of nitrogens with zero attached hydrogens (tertiary/aromatic N) is 1. The van der Waals surface area contributed by atoms with Gasteiger partial charge in [0.2, 0.25) is 0 Å². The Bertz CT molecular complexity index is 467. The Balaban J connectivity index is 2.37. The Morgan fingerprint density at radius 3 is 2.63 bits per heavy atom. The van der Waals surface area contributed by atoms with Gasteiger partial charge in [0.25, 0.3) is 0 Å². The molecule has 1 N–H and O–H groups in total. The minimum Gasteiger partial charge on any atom is -0.469 e. The second kappa shape index (κ2) is 7.71. The van der Waals surface area contributed by atoms with Gasteiger partial charge in [-0.2, -0.15) is 5.26 Å². The summed E-state index contributed by atoms with van der Waals surface area (Å²) in [5.74, 6) is -0.574. The predicted octanol–water partition coefficient (Wildman–Crippen LogP) is 1.37. The topological polar surface area (TPSA) is 88.4 Å². The van der Waals surface area contributed by atoms with Gasteiger partial charge in [0, 0.05) is 0 Å². The van der Waals surface area contributed by atoms with Crippen molar-refractivity contribution in [2.75, 3.05) is 7.11 Å². The Labute approximate surface area is 110 Å². The molecule has 0 saturated heterocycles. The van der Waals surface area contributed by atoms with Gasteiger partial charge in [-0.1, -0.05) is 30.3 Å². The summed E-state index contributed by atoms with van der Waals surface area (Å²) in [6.45, 7) is 0.100. The number of nitriles is 1. The van der Waals surface area contributed by atoms with Crippen LogP contribution in [0.25, 0.3) is 0 Å². The number of carbonyl (C=O) groups excluding carboxylic acids is 2. The lowest BCUT2D eigenvalue weighted by Gasteiger charge is -2.10. The number of rotatable bonds is 5. The first-order chi connectivity index (χ1) is 9.15. The molecule has 0 aromatic heterocycles. The highest BCUT2D eigenvalue weighted by Gasteiger charge is 2.16. The number of benzene rings is 1. The third kappa shape index (κ3) is 5.55. The summed E-state index contributed by atoms with van der Waals surface area (Å²) < 4.78 is 9.33. The molecule has 0 saturated carbocycles. The Hall–Kier alpha value is -2.55. The largest absolute Gasteiger partial charge is 0.469 e. The first-order valence-electron chi connectivity index (χ1n) is 5.59. The van der Waals surface area contributed by atoms with Crippen LogP contribution in [-0.4, -0.2) is 25.2 Å². The fraction of sp³-hybridized carbons (Fsp3) is 0.308. The number of hydrogen-bond acceptors (Lipinski definition) is 5. The molecular weight excluding hydrogens is 248 g/mol. The van der Waals surface area contributed by atoms with Crippen molar-refractivity contribution in [1.29, 1.82) is 5.26 Å². The van der Waals surface area contributed by atoms with E-state index in [0.717, 1.165) is 5.56 Å². The minimum atomic E-state index is -0.962. The molecule has 0 heterocycles. The second-order valence-corrected chi connectivity index (χ2v) is 3.67. The van der Waals surface area contributed by atoms with Crippen molar-refractivity contribution in [3.05, 3.63) is 35.9 Å². The van der Waals surface area contributed by atoms with E-state index in [-0.39, 0.29) is 13.0 Å². The van der Waals surface area contributed by atoms with E-state index in [1.165, 1.54) is 7.11 Å². The maximum absolute atomic E-state index is 11.4. The second-order valence-electron chi connectivity index (χ2n) is 3.67. The quantitative estimate of drug-likeness (QED) is 0.809. The van der Waals surface area contributed by atoms with Crippen LogP contribution in [0.4, 0.5) is 4.79 Å². The summed E-state index contributed by atoms with van der Waals surface area (Å²) in [5.41, 5.74) is 0.833. The van der Waals surface area contributed by atoms with Gasteiger partial charge >= 0.3 is 12.1 Å². The summed E-state index contributed by atoms with van der Waals surface area (Å²) in [6.07, 6.45) is -0.965. The molecule has 0 aliphatic rings. The Morgan fingerprint density at radius 2 is 2.05 bits per heavy atom. The molecule has 1 aromatic carbocycles. The number of amides is 1. The Morgan fingerprint density at radius 1 is 1.37 bits per heavy atom. The zero-order valence-electron chi connectivity index (χ0n) is 10.5. The van der Waals surface area contributed by atoms with Crippen molar-refractivity contribution in [2.24, 2.45) is 0 Å². The van der Waals surface area contributed by atoms with E-state index in [2.05, 4.69) is 10.1 Å². The number of esters is 1. The molecule has 0 aliphatic heterocycles. The smallest absolute Gasteiger partial charge is 0.408 e. The van der Waals surface area contributed by atoms with Crippen LogP contribution >= 0.6 is 0 Å². The zero-order valence-corrected chi connectivity index (χ0v) is 10.5. The molecule has 0 spiro atoms. The standard InChI is InChI=1S/C13H14N2O4/c1-18-12(16)7-11(8-14)15-13(17)19-9-10-5-3-2-4-6-10/h2-6,11H,7,9H2,1H3,(H,15,17)/t11-/m0/s1. The Kier molecular flexibility index (Phi) is 5.89. The highest BCUT2D eigenvalue weighted by molar-refractivity contribution is 5.73. The highest BCUT2D eigenvalue weighted by atomic mass is 16.5. The average molecular weight is 262 g/mol. The molecule has 0 fully saturated rings. The third-order valence-electron chi connectivity index (χ3n) is 2.26. The number of methoxy groups -OCH3 is 1. The molecule has 1 atom stereocenters. The van der Waals surface area contributed by atoms with E-state index in [0.29, 0.717) is 0 Å². The van der Waals surface area contributed by atoms with E-state index < -0.39 is 18.1 Å². The molecule has 0 unspecified atom stereocenters. The van der Waals surface area contributed by atoms with Crippen LogP contribution in [0.3, 0.4) is 0 Å². The molecule has 1 amide bonds. The van der Waals surface area contributed by atoms with Gasteiger partial charge in [0.1, 0.15) is 12.6 Å². The van der Waals surface area contributed by atoms with Gasteiger partial charge in [0.15, 0.2) is 0 Å². The summed E-state index contributed by atoms with van der Waals surface area (Å²) in [6, 6.07) is 9.94. The van der Waals surface area contributed by atoms with E-state index in [1.54, 1.807) is 6.07 Å². The number of alkyl carbamates (subject to hydrolysis) is 1. The van der Waals surface area contributed by atoms with Gasteiger partial charge in [-0.3, -0.25) is 4.79 Å². The zero-order chi connectivity index (χ0) is 14.1. The lowest BCUT2D eigenvalue weighted by Crippen LogP contribution is -2.36. The highest BCUT2D eigenvalue weighted by Crippen LogP contribution is 2.01. The fourth-order valence-corrected chi connectivity index (χ4v) is 1.29. The molecule has 6 nitrogen and oxygen atoms in total. The van der Waals surface area contributed by atoms with Gasteiger partial charge in [-0.05, 0) is 5.56 Å². The number of nitrogens with one attached hydrogen (secondary N) is 1. The van der Waals surface area contributed by atoms with Crippen molar-refractivity contribution in [3.8, 4) is 6.07 Å². The van der Waals surface area contributed by atoms with Gasteiger partial charge in [-0.15, -0.1) is 0 Å². The van der Waals surface area contributed by atoms with E-state index in [1.807, 2.05) is 30.3 Å². The maximum atomic E-state index is 11.4. The van der Waals surface area contributed by atoms with Crippen molar-refractivity contribution in [1.82, 2.24) is 5.32 Å². The normalized spacial score (nSPS) is 10.9. The molecule has 1 rings (SSSR count). The van der Waals surface area contributed by atoms with Gasteiger partial charge < -0.3 is 14.8 Å². The van der Waals surface area contributed by atoms with Crippen molar-refractivity contribution < 1.29 is 19.1 Å². The molecule has 0 bridgehead atoms. The van der Waals surface area contributed by atoms with Crippen LogP contribution in [0.15, 0.2) is 30.3 Å². The van der Waals surface area contributed by atoms with Crippen molar-refractivity contribution in [2.45, 2.75) is 19.1 Å². The number of ether oxygens (including phenoxy) is 2. The van der Waals surface area contributed by atoms with Crippen LogP contribution in [0.5, 0.6) is 0 Å². The number of carbonyl (C=O) groups is 2. The lowest BCUT2D eigenvalue weighted by molar-refractivity contribution is -0.140. The van der Waals surface area contributed by atoms with Crippen LogP contribution in [0.1, 0.15) is 12.0 Å². The van der Waals surface area contributed by atoms with Crippen LogP contribution < -0.4 is 5.32 Å². The van der Waals surface area contributed by atoms with Gasteiger partial charge in [0.05, 0.1) is 19.6 Å². The number of hydrogen-bond donors (Lipinski definition) is 1. The van der Waals surface area contributed by atoms with Gasteiger partial charge in [-0.25, -0.2) is 4.79 Å². The van der Waals surface area contributed by atoms with Crippen LogP contribution in [0.2, 0.25) is 0 Å². The van der Waals surface area contributed by atoms with Crippen LogP contribution in [0, 0.1) is 11.3 Å². The molecule has 19 heavy (non-hydrogen) atoms. The lowest BCUT2D eigenvalue weighted by atomic mass is 10.2. The van der Waals surface area contributed by atoms with Crippen molar-refractivity contribution >= 4 is 12.1 Å². The molecule has 1 aromatic rings. The molecule has 0 radical (unpaired) electrons. The summed E-state index contributed by atoms with van der Waals surface area (Å²) >= 11 is 0. The van der Waals surface area contributed by atoms with E-state index in [4.69, 9.17) is 10.00 Å². The summed E-state index contributed by atoms with van der Waals surface area (Å²) in [5, 5.41) is 11.1. The summed E-state index contributed by atoms with van der Waals surface area (Å²) in [7, 11) is 1.21. The first kappa shape index (κ1) is 14.5. The van der Waals surface area contributed by atoms with E-state index in [9.17, 15) is 9.59 Å². The minimum absolute atomic E-state index is 0.100. The maximum Gasteiger partial charge on any atom is 0.408 e. The molecule has 100 valence electrons. The predicted molar refractivity (Wildman–Crippen MR) is 65.8 cm³/mol. The average Bonchev–Trinajstić information content (AvgIpc) is 2.45. The molecular formula is C13H14N2O4. The van der Waals surface area contributed by atoms with Crippen LogP contribution in [-0.2, 0) is 20.9 Å². The fourth-order valence-electron chi connectivity index (χ4n) is 1.29. The SMILES string of the molecule is COC(=O)C[C@@H](C#N)NC(=O)OCc1ccccc1. The summed E-state index contributed by atoms with van der Waals surface area (Å²) in [4.78, 5) is 22.4. The monoisotopic (exact) mass is 262 g/mol.